The van der Waals surface area contributed by atoms with Gasteiger partial charge in [0.05, 0.1) is 12.8 Å². The van der Waals surface area contributed by atoms with Crippen molar-refractivity contribution in [3.63, 3.8) is 0 Å². The third-order valence-corrected chi connectivity index (χ3v) is 5.08. The third-order valence-electron chi connectivity index (χ3n) is 5.08. The van der Waals surface area contributed by atoms with Gasteiger partial charge < -0.3 is 25.3 Å². The summed E-state index contributed by atoms with van der Waals surface area (Å²) in [6.07, 6.45) is 3.74. The van der Waals surface area contributed by atoms with Gasteiger partial charge in [-0.3, -0.25) is 4.79 Å². The Hall–Kier alpha value is -2.80. The van der Waals surface area contributed by atoms with Crippen molar-refractivity contribution in [1.82, 2.24) is 15.5 Å². The second-order valence-corrected chi connectivity index (χ2v) is 7.54. The Morgan fingerprint density at radius 3 is 2.65 bits per heavy atom. The maximum atomic E-state index is 12.2. The number of benzene rings is 1. The Bertz CT molecular complexity index is 800. The van der Waals surface area contributed by atoms with E-state index >= 15 is 0 Å². The van der Waals surface area contributed by atoms with E-state index in [9.17, 15) is 4.79 Å². The zero-order chi connectivity index (χ0) is 22.5. The van der Waals surface area contributed by atoms with Crippen LogP contribution < -0.4 is 16.0 Å². The van der Waals surface area contributed by atoms with E-state index in [1.54, 1.807) is 12.1 Å². The molecule has 7 heteroatoms. The van der Waals surface area contributed by atoms with Gasteiger partial charge in [-0.25, -0.2) is 4.99 Å². The first kappa shape index (κ1) is 24.5. The van der Waals surface area contributed by atoms with Crippen molar-refractivity contribution in [3.8, 4) is 0 Å². The predicted molar refractivity (Wildman–Crippen MR) is 128 cm³/mol. The summed E-state index contributed by atoms with van der Waals surface area (Å²) < 4.78 is 5.14. The van der Waals surface area contributed by atoms with Crippen molar-refractivity contribution in [2.45, 2.75) is 53.1 Å². The van der Waals surface area contributed by atoms with Crippen LogP contribution in [0.4, 0.5) is 5.69 Å². The molecule has 0 saturated carbocycles. The molecule has 1 unspecified atom stereocenters. The first-order valence-electron chi connectivity index (χ1n) is 11.3. The first-order chi connectivity index (χ1) is 15.0. The van der Waals surface area contributed by atoms with Crippen molar-refractivity contribution in [2.24, 2.45) is 4.99 Å². The summed E-state index contributed by atoms with van der Waals surface area (Å²) in [5, 5.41) is 9.67. The summed E-state index contributed by atoms with van der Waals surface area (Å²) in [6.45, 7) is 13.3. The number of nitrogens with one attached hydrogen (secondary N) is 3. The highest BCUT2D eigenvalue weighted by molar-refractivity contribution is 6.02. The molecule has 3 N–H and O–H groups in total. The summed E-state index contributed by atoms with van der Waals surface area (Å²) in [5.41, 5.74) is 1.74. The van der Waals surface area contributed by atoms with E-state index < -0.39 is 0 Å². The van der Waals surface area contributed by atoms with Gasteiger partial charge >= 0.3 is 0 Å². The lowest BCUT2D eigenvalue weighted by Gasteiger charge is -2.21. The molecule has 0 spiro atoms. The minimum atomic E-state index is -0.265. The van der Waals surface area contributed by atoms with E-state index in [1.807, 2.05) is 24.3 Å². The summed E-state index contributed by atoms with van der Waals surface area (Å²) in [7, 11) is 0. The van der Waals surface area contributed by atoms with Gasteiger partial charge in [-0.05, 0) is 76.2 Å². The maximum Gasteiger partial charge on any atom is 0.291 e. The van der Waals surface area contributed by atoms with Crippen molar-refractivity contribution in [1.29, 1.82) is 0 Å². The number of rotatable bonds is 12. The molecule has 1 amide bonds. The number of anilines is 1. The quantitative estimate of drug-likeness (QED) is 0.351. The number of aliphatic imine (C=N–C) groups is 1. The van der Waals surface area contributed by atoms with E-state index in [0.29, 0.717) is 12.6 Å². The fraction of sp³-hybridized carbons (Fsp3) is 0.500. The van der Waals surface area contributed by atoms with Gasteiger partial charge in [0, 0.05) is 18.3 Å². The molecule has 31 heavy (non-hydrogen) atoms. The van der Waals surface area contributed by atoms with Crippen LogP contribution in [0.1, 0.15) is 56.7 Å². The van der Waals surface area contributed by atoms with Crippen LogP contribution in [0.2, 0.25) is 0 Å². The molecule has 0 bridgehead atoms. The Kier molecular flexibility index (Phi) is 10.6. The highest BCUT2D eigenvalue weighted by Crippen LogP contribution is 2.13. The Balaban J connectivity index is 1.90. The highest BCUT2D eigenvalue weighted by Gasteiger charge is 2.09. The molecular weight excluding hydrogens is 390 g/mol. The number of carbonyl (C=O) groups excluding carboxylic acids is 1. The number of guanidine groups is 1. The number of carbonyl (C=O) groups is 1. The van der Waals surface area contributed by atoms with E-state index in [-0.39, 0.29) is 11.7 Å². The smallest absolute Gasteiger partial charge is 0.291 e. The lowest BCUT2D eigenvalue weighted by molar-refractivity contribution is 0.0996. The molecule has 1 aromatic carbocycles. The maximum absolute atomic E-state index is 12.2. The van der Waals surface area contributed by atoms with Gasteiger partial charge in [0.2, 0.25) is 0 Å². The van der Waals surface area contributed by atoms with Crippen LogP contribution >= 0.6 is 0 Å². The molecule has 2 rings (SSSR count). The number of hydrogen-bond donors (Lipinski definition) is 3. The molecule has 2 aromatic rings. The van der Waals surface area contributed by atoms with Gasteiger partial charge in [-0.15, -0.1) is 0 Å². The minimum absolute atomic E-state index is 0.265. The lowest BCUT2D eigenvalue weighted by Crippen LogP contribution is -2.42. The van der Waals surface area contributed by atoms with Crippen LogP contribution in [0.3, 0.4) is 0 Å². The number of nitrogens with zero attached hydrogens (tertiary/aromatic N) is 2. The molecule has 0 radical (unpaired) electrons. The van der Waals surface area contributed by atoms with Gasteiger partial charge in [-0.2, -0.15) is 0 Å². The zero-order valence-electron chi connectivity index (χ0n) is 19.3. The fourth-order valence-electron chi connectivity index (χ4n) is 3.30. The molecule has 1 aromatic heterocycles. The molecular formula is C24H37N5O2. The molecule has 0 aliphatic rings. The second-order valence-electron chi connectivity index (χ2n) is 7.54. The van der Waals surface area contributed by atoms with Crippen LogP contribution in [0.15, 0.2) is 52.1 Å². The third kappa shape index (κ3) is 8.84. The number of hydrogen-bond acceptors (Lipinski definition) is 4. The lowest BCUT2D eigenvalue weighted by atomic mass is 10.2. The Labute approximate surface area is 186 Å². The Morgan fingerprint density at radius 2 is 1.97 bits per heavy atom. The van der Waals surface area contributed by atoms with E-state index in [4.69, 9.17) is 9.41 Å². The normalized spacial score (nSPS) is 12.6. The number of furan rings is 1. The second kappa shape index (κ2) is 13.5. The largest absolute Gasteiger partial charge is 0.459 e. The summed E-state index contributed by atoms with van der Waals surface area (Å²) in [5.74, 6) is 0.832. The zero-order valence-corrected chi connectivity index (χ0v) is 19.3. The molecule has 0 saturated heterocycles. The molecule has 0 aliphatic heterocycles. The van der Waals surface area contributed by atoms with Gasteiger partial charge in [0.1, 0.15) is 0 Å². The molecule has 0 aliphatic carbocycles. The summed E-state index contributed by atoms with van der Waals surface area (Å²) >= 11 is 0. The van der Waals surface area contributed by atoms with Gasteiger partial charge in [-0.1, -0.05) is 26.0 Å². The average molecular weight is 428 g/mol. The standard InChI is InChI=1S/C24H37N5O2/c1-5-25-24(27-19(4)11-9-15-29(6-2)7-3)26-18-20-12-8-13-21(17-20)28-23(30)22-14-10-16-31-22/h8,10,12-14,16-17,19H,5-7,9,11,15,18H2,1-4H3,(H,28,30)(H2,25,26,27). The molecule has 1 atom stereocenters. The van der Waals surface area contributed by atoms with Crippen molar-refractivity contribution in [2.75, 3.05) is 31.5 Å². The van der Waals surface area contributed by atoms with Crippen LogP contribution in [0.5, 0.6) is 0 Å². The Morgan fingerprint density at radius 1 is 1.16 bits per heavy atom. The van der Waals surface area contributed by atoms with Crippen molar-refractivity contribution < 1.29 is 9.21 Å². The van der Waals surface area contributed by atoms with Crippen molar-refractivity contribution in [3.05, 3.63) is 54.0 Å². The van der Waals surface area contributed by atoms with Crippen molar-refractivity contribution >= 4 is 17.6 Å². The average Bonchev–Trinajstić information content (AvgIpc) is 3.31. The predicted octanol–water partition coefficient (Wildman–Crippen LogP) is 4.10. The van der Waals surface area contributed by atoms with Crippen LogP contribution in [0.25, 0.3) is 0 Å². The highest BCUT2D eigenvalue weighted by atomic mass is 16.3. The van der Waals surface area contributed by atoms with Crippen LogP contribution in [-0.4, -0.2) is 49.0 Å². The van der Waals surface area contributed by atoms with Gasteiger partial charge in [0.25, 0.3) is 5.91 Å². The van der Waals surface area contributed by atoms with Crippen LogP contribution in [0, 0.1) is 0 Å². The molecule has 0 fully saturated rings. The van der Waals surface area contributed by atoms with E-state index in [1.165, 1.54) is 6.26 Å². The molecule has 170 valence electrons. The molecule has 1 heterocycles. The summed E-state index contributed by atoms with van der Waals surface area (Å²) in [4.78, 5) is 19.3. The minimum Gasteiger partial charge on any atom is -0.459 e. The van der Waals surface area contributed by atoms with E-state index in [2.05, 4.69) is 48.5 Å². The summed E-state index contributed by atoms with van der Waals surface area (Å²) in [6, 6.07) is 11.4. The fourth-order valence-corrected chi connectivity index (χ4v) is 3.30. The van der Waals surface area contributed by atoms with Crippen LogP contribution in [-0.2, 0) is 6.54 Å². The topological polar surface area (TPSA) is 81.9 Å². The van der Waals surface area contributed by atoms with E-state index in [0.717, 1.165) is 56.2 Å². The first-order valence-corrected chi connectivity index (χ1v) is 11.3. The van der Waals surface area contributed by atoms with Gasteiger partial charge in [0.15, 0.2) is 11.7 Å². The molecule has 7 nitrogen and oxygen atoms in total. The monoisotopic (exact) mass is 427 g/mol. The number of amides is 1. The SMILES string of the molecule is CCNC(=NCc1cccc(NC(=O)c2ccco2)c1)NC(C)CCCN(CC)CC.